The molecule has 0 aliphatic rings. The maximum atomic E-state index is 4.49. The van der Waals surface area contributed by atoms with Gasteiger partial charge in [0.15, 0.2) is 0 Å². The Bertz CT molecular complexity index is 1330. The smallest absolute Gasteiger partial charge is 0.0961 e. The van der Waals surface area contributed by atoms with Crippen molar-refractivity contribution in [2.24, 2.45) is 4.99 Å². The van der Waals surface area contributed by atoms with Crippen molar-refractivity contribution in [2.75, 3.05) is 7.05 Å². The van der Waals surface area contributed by atoms with Crippen molar-refractivity contribution in [1.29, 1.82) is 0 Å². The Hall–Kier alpha value is -3.72. The number of benzene rings is 4. The van der Waals surface area contributed by atoms with Gasteiger partial charge in [0.2, 0.25) is 0 Å². The van der Waals surface area contributed by atoms with Gasteiger partial charge in [-0.05, 0) is 57.3 Å². The molecule has 1 aromatic heterocycles. The van der Waals surface area contributed by atoms with E-state index < -0.39 is 0 Å². The molecule has 4 aromatic carbocycles. The van der Waals surface area contributed by atoms with Crippen LogP contribution in [0.25, 0.3) is 32.9 Å². The van der Waals surface area contributed by atoms with Gasteiger partial charge in [-0.3, -0.25) is 4.99 Å². The summed E-state index contributed by atoms with van der Waals surface area (Å²) in [5.41, 5.74) is 7.04. The highest BCUT2D eigenvalue weighted by Crippen LogP contribution is 2.26. The number of nitrogens with zero attached hydrogens (tertiary/aromatic N) is 3. The molecule has 0 N–H and O–H groups in total. The van der Waals surface area contributed by atoms with Crippen molar-refractivity contribution in [3.05, 3.63) is 102 Å². The fourth-order valence-electron chi connectivity index (χ4n) is 3.82. The normalized spacial score (nSPS) is 11.6. The van der Waals surface area contributed by atoms with Crippen LogP contribution < -0.4 is 0 Å². The summed E-state index contributed by atoms with van der Waals surface area (Å²) in [6.45, 7) is 0.818. The van der Waals surface area contributed by atoms with E-state index in [1.165, 1.54) is 33.0 Å². The molecule has 5 aromatic rings. The Morgan fingerprint density at radius 2 is 1.59 bits per heavy atom. The Balaban J connectivity index is 1.44. The molecule has 0 saturated carbocycles. The molecule has 0 spiro atoms. The lowest BCUT2D eigenvalue weighted by molar-refractivity contribution is 0.826. The van der Waals surface area contributed by atoms with Gasteiger partial charge in [-0.15, -0.1) is 0 Å². The van der Waals surface area contributed by atoms with Gasteiger partial charge in [0.1, 0.15) is 0 Å². The molecular formula is C26H21N3. The molecule has 5 rings (SSSR count). The summed E-state index contributed by atoms with van der Waals surface area (Å²) in [5, 5.41) is 2.51. The number of aromatic nitrogens is 2. The van der Waals surface area contributed by atoms with Crippen molar-refractivity contribution >= 4 is 28.0 Å². The molecule has 0 aliphatic carbocycles. The van der Waals surface area contributed by atoms with Crippen molar-refractivity contribution in [3.8, 4) is 11.1 Å². The molecule has 0 bridgehead atoms. The van der Waals surface area contributed by atoms with Crippen LogP contribution in [-0.2, 0) is 6.54 Å². The third kappa shape index (κ3) is 3.43. The van der Waals surface area contributed by atoms with Crippen LogP contribution in [0, 0.1) is 0 Å². The van der Waals surface area contributed by atoms with Gasteiger partial charge in [-0.1, -0.05) is 60.7 Å². The van der Waals surface area contributed by atoms with Gasteiger partial charge in [-0.25, -0.2) is 4.98 Å². The number of rotatable bonds is 4. The quantitative estimate of drug-likeness (QED) is 0.357. The molecule has 0 unspecified atom stereocenters. The highest BCUT2D eigenvalue weighted by molar-refractivity contribution is 5.88. The summed E-state index contributed by atoms with van der Waals surface area (Å²) in [6.07, 6.45) is 3.79. The molecule has 0 fully saturated rings. The van der Waals surface area contributed by atoms with Crippen molar-refractivity contribution in [3.63, 3.8) is 0 Å². The number of imidazole rings is 1. The van der Waals surface area contributed by atoms with Crippen molar-refractivity contribution in [1.82, 2.24) is 9.55 Å². The van der Waals surface area contributed by atoms with Crippen LogP contribution in [0.5, 0.6) is 0 Å². The number of fused-ring (bicyclic) bond motifs is 2. The van der Waals surface area contributed by atoms with Gasteiger partial charge in [-0.2, -0.15) is 0 Å². The number of aliphatic imine (C=N–C) groups is 1. The Morgan fingerprint density at radius 1 is 0.828 bits per heavy atom. The zero-order valence-electron chi connectivity index (χ0n) is 16.3. The second kappa shape index (κ2) is 7.36. The summed E-state index contributed by atoms with van der Waals surface area (Å²) >= 11 is 0. The summed E-state index contributed by atoms with van der Waals surface area (Å²) in [6, 6.07) is 30.1. The standard InChI is InChI=1S/C26H21N3/c1-27-16-19-6-9-21(10-7-19)23-13-12-22-14-20(8-11-24(22)15-23)17-29-18-28-25-4-2-3-5-26(25)29/h2-16,18H,17H2,1H3. The van der Waals surface area contributed by atoms with Gasteiger partial charge in [0, 0.05) is 19.8 Å². The lowest BCUT2D eigenvalue weighted by atomic mass is 9.99. The van der Waals surface area contributed by atoms with Crippen molar-refractivity contribution < 1.29 is 0 Å². The molecule has 0 radical (unpaired) electrons. The average molecular weight is 375 g/mol. The monoisotopic (exact) mass is 375 g/mol. The molecule has 3 heteroatoms. The Morgan fingerprint density at radius 3 is 2.45 bits per heavy atom. The van der Waals surface area contributed by atoms with E-state index in [0.717, 1.165) is 17.6 Å². The predicted molar refractivity (Wildman–Crippen MR) is 122 cm³/mol. The molecule has 3 nitrogen and oxygen atoms in total. The van der Waals surface area contributed by atoms with E-state index in [-0.39, 0.29) is 0 Å². The van der Waals surface area contributed by atoms with E-state index in [1.54, 1.807) is 7.05 Å². The molecule has 0 aliphatic heterocycles. The topological polar surface area (TPSA) is 30.2 Å². The third-order valence-corrected chi connectivity index (χ3v) is 5.31. The van der Waals surface area contributed by atoms with E-state index >= 15 is 0 Å². The highest BCUT2D eigenvalue weighted by Gasteiger charge is 2.05. The predicted octanol–water partition coefficient (Wildman–Crippen LogP) is 5.95. The average Bonchev–Trinajstić information content (AvgIpc) is 3.17. The fourth-order valence-corrected chi connectivity index (χ4v) is 3.82. The van der Waals surface area contributed by atoms with Gasteiger partial charge in [0.25, 0.3) is 0 Å². The Labute approximate surface area is 170 Å². The number of hydrogen-bond acceptors (Lipinski definition) is 2. The lowest BCUT2D eigenvalue weighted by Gasteiger charge is -2.08. The van der Waals surface area contributed by atoms with E-state index in [9.17, 15) is 0 Å². The van der Waals surface area contributed by atoms with E-state index in [1.807, 2.05) is 18.6 Å². The SMILES string of the molecule is CN=Cc1ccc(-c2ccc3cc(Cn4cnc5ccccc54)ccc3c2)cc1. The van der Waals surface area contributed by atoms with Crippen LogP contribution in [0.1, 0.15) is 11.1 Å². The molecular weight excluding hydrogens is 354 g/mol. The van der Waals surface area contributed by atoms with Crippen LogP contribution in [0.3, 0.4) is 0 Å². The van der Waals surface area contributed by atoms with E-state index in [0.29, 0.717) is 0 Å². The minimum absolute atomic E-state index is 0.818. The summed E-state index contributed by atoms with van der Waals surface area (Å²) in [4.78, 5) is 8.56. The second-order valence-electron chi connectivity index (χ2n) is 7.27. The van der Waals surface area contributed by atoms with Crippen LogP contribution in [0.4, 0.5) is 0 Å². The second-order valence-corrected chi connectivity index (χ2v) is 7.27. The van der Waals surface area contributed by atoms with Gasteiger partial charge in [0.05, 0.1) is 17.4 Å². The molecule has 0 atom stereocenters. The third-order valence-electron chi connectivity index (χ3n) is 5.31. The number of hydrogen-bond donors (Lipinski definition) is 0. The zero-order valence-corrected chi connectivity index (χ0v) is 16.3. The minimum atomic E-state index is 0.818. The molecule has 1 heterocycles. The first kappa shape index (κ1) is 17.4. The molecule has 140 valence electrons. The molecule has 0 saturated heterocycles. The maximum Gasteiger partial charge on any atom is 0.0961 e. The summed E-state index contributed by atoms with van der Waals surface area (Å²) < 4.78 is 2.20. The van der Waals surface area contributed by atoms with E-state index in [2.05, 4.69) is 93.4 Å². The van der Waals surface area contributed by atoms with Crippen LogP contribution in [-0.4, -0.2) is 22.8 Å². The summed E-state index contributed by atoms with van der Waals surface area (Å²) in [5.74, 6) is 0. The Kier molecular flexibility index (Phi) is 4.41. The van der Waals surface area contributed by atoms with Crippen LogP contribution in [0.15, 0.2) is 96.2 Å². The van der Waals surface area contributed by atoms with Crippen LogP contribution >= 0.6 is 0 Å². The lowest BCUT2D eigenvalue weighted by Crippen LogP contribution is -1.97. The van der Waals surface area contributed by atoms with Gasteiger partial charge >= 0.3 is 0 Å². The number of para-hydroxylation sites is 2. The first-order valence-corrected chi connectivity index (χ1v) is 9.75. The van der Waals surface area contributed by atoms with E-state index in [4.69, 9.17) is 0 Å². The first-order valence-electron chi connectivity index (χ1n) is 9.75. The fraction of sp³-hybridized carbons (Fsp3) is 0.0769. The maximum absolute atomic E-state index is 4.49. The largest absolute Gasteiger partial charge is 0.326 e. The zero-order chi connectivity index (χ0) is 19.6. The van der Waals surface area contributed by atoms with Crippen molar-refractivity contribution in [2.45, 2.75) is 6.54 Å². The molecule has 29 heavy (non-hydrogen) atoms. The molecule has 0 amide bonds. The van der Waals surface area contributed by atoms with Gasteiger partial charge < -0.3 is 4.57 Å². The van der Waals surface area contributed by atoms with Crippen LogP contribution in [0.2, 0.25) is 0 Å². The first-order chi connectivity index (χ1) is 14.3. The highest BCUT2D eigenvalue weighted by atomic mass is 15.0. The summed E-state index contributed by atoms with van der Waals surface area (Å²) in [7, 11) is 1.79. The minimum Gasteiger partial charge on any atom is -0.326 e.